The van der Waals surface area contributed by atoms with Gasteiger partial charge in [0.1, 0.15) is 0 Å². The van der Waals surface area contributed by atoms with Gasteiger partial charge >= 0.3 is 0 Å². The monoisotopic (exact) mass is 210 g/mol. The number of aliphatic imine (C=N–C) groups is 2. The summed E-state index contributed by atoms with van der Waals surface area (Å²) in [7, 11) is 0. The van der Waals surface area contributed by atoms with E-state index in [1.165, 1.54) is 11.1 Å². The summed E-state index contributed by atoms with van der Waals surface area (Å²) in [6.45, 7) is 2.03. The van der Waals surface area contributed by atoms with E-state index in [1.807, 2.05) is 19.4 Å². The topological polar surface area (TPSA) is 24.7 Å². The fourth-order valence-electron chi connectivity index (χ4n) is 1.15. The second-order valence-electron chi connectivity index (χ2n) is 2.62. The number of halogens is 1. The zero-order chi connectivity index (χ0) is 7.84. The summed E-state index contributed by atoms with van der Waals surface area (Å²) in [6, 6.07) is 0. The fraction of sp³-hybridized carbons (Fsp3) is 0.250. The summed E-state index contributed by atoms with van der Waals surface area (Å²) in [5.74, 6) is 0. The molecule has 2 nitrogen and oxygen atoms in total. The second kappa shape index (κ2) is 2.41. The largest absolute Gasteiger partial charge is 0.261 e. The van der Waals surface area contributed by atoms with E-state index in [2.05, 4.69) is 32.0 Å². The molecule has 0 aliphatic carbocycles. The lowest BCUT2D eigenvalue weighted by Crippen LogP contribution is -2.05. The summed E-state index contributed by atoms with van der Waals surface area (Å²) >= 11 is 3.42. The van der Waals surface area contributed by atoms with Crippen LogP contribution in [0.5, 0.6) is 0 Å². The predicted molar refractivity (Wildman–Crippen MR) is 50.5 cm³/mol. The van der Waals surface area contributed by atoms with E-state index in [1.54, 1.807) is 0 Å². The smallest absolute Gasteiger partial charge is 0.166 e. The number of nitrogens with zero attached hydrogens (tertiary/aromatic N) is 2. The maximum Gasteiger partial charge on any atom is 0.166 e. The van der Waals surface area contributed by atoms with Gasteiger partial charge in [-0.25, -0.2) is 0 Å². The molecule has 0 aromatic rings. The molecule has 2 rings (SSSR count). The van der Waals surface area contributed by atoms with Crippen LogP contribution >= 0.6 is 15.9 Å². The van der Waals surface area contributed by atoms with Crippen LogP contribution in [0.25, 0.3) is 0 Å². The molecule has 0 bridgehead atoms. The van der Waals surface area contributed by atoms with E-state index in [0.29, 0.717) is 0 Å². The molecule has 2 aliphatic rings. The van der Waals surface area contributed by atoms with Crippen molar-refractivity contribution >= 4 is 28.4 Å². The van der Waals surface area contributed by atoms with Gasteiger partial charge in [-0.15, -0.1) is 0 Å². The Morgan fingerprint density at radius 3 is 2.91 bits per heavy atom. The van der Waals surface area contributed by atoms with E-state index < -0.39 is 0 Å². The molecule has 0 radical (unpaired) electrons. The van der Waals surface area contributed by atoms with E-state index in [0.717, 1.165) is 4.48 Å². The van der Waals surface area contributed by atoms with Crippen LogP contribution in [0.4, 0.5) is 0 Å². The molecule has 0 fully saturated rings. The summed E-state index contributed by atoms with van der Waals surface area (Å²) in [5, 5.41) is 0. The first-order valence-electron chi connectivity index (χ1n) is 3.42. The Kier molecular flexibility index (Phi) is 1.53. The summed E-state index contributed by atoms with van der Waals surface area (Å²) < 4.78 is 1.05. The molecule has 0 N–H and O–H groups in total. The Balaban J connectivity index is 2.46. The highest BCUT2D eigenvalue weighted by Crippen LogP contribution is 2.27. The number of fused-ring (bicyclic) bond motifs is 1. The zero-order valence-corrected chi connectivity index (χ0v) is 7.67. The minimum Gasteiger partial charge on any atom is -0.261 e. The molecular formula is C8H7BrN2. The Hall–Kier alpha value is -0.700. The quantitative estimate of drug-likeness (QED) is 0.586. The van der Waals surface area contributed by atoms with Crippen LogP contribution in [0.1, 0.15) is 6.92 Å². The van der Waals surface area contributed by atoms with Gasteiger partial charge in [0.25, 0.3) is 0 Å². The summed E-state index contributed by atoms with van der Waals surface area (Å²) in [6.07, 6.45) is 5.80. The van der Waals surface area contributed by atoms with Gasteiger partial charge in [0, 0.05) is 22.5 Å². The van der Waals surface area contributed by atoms with Crippen molar-refractivity contribution in [3.8, 4) is 0 Å². The van der Waals surface area contributed by atoms with Crippen molar-refractivity contribution in [3.63, 3.8) is 0 Å². The molecule has 3 heteroatoms. The average molecular weight is 211 g/mol. The third-order valence-corrected chi connectivity index (χ3v) is 2.35. The molecule has 2 heterocycles. The summed E-state index contributed by atoms with van der Waals surface area (Å²) in [5.41, 5.74) is 2.35. The van der Waals surface area contributed by atoms with Gasteiger partial charge in [0.05, 0.1) is 0 Å². The van der Waals surface area contributed by atoms with Crippen LogP contribution in [0.15, 0.2) is 31.7 Å². The SMILES string of the molecule is CC1=CC2=C(Br)C=N[C@@H]2N=C1. The van der Waals surface area contributed by atoms with Crippen molar-refractivity contribution in [1.82, 2.24) is 0 Å². The van der Waals surface area contributed by atoms with Crippen molar-refractivity contribution in [3.05, 3.63) is 21.7 Å². The lowest BCUT2D eigenvalue weighted by atomic mass is 10.1. The van der Waals surface area contributed by atoms with Gasteiger partial charge < -0.3 is 0 Å². The molecule has 0 amide bonds. The Morgan fingerprint density at radius 2 is 2.09 bits per heavy atom. The Labute approximate surface area is 73.6 Å². The molecule has 11 heavy (non-hydrogen) atoms. The van der Waals surface area contributed by atoms with Crippen LogP contribution in [-0.2, 0) is 0 Å². The average Bonchev–Trinajstić information content (AvgIpc) is 2.33. The van der Waals surface area contributed by atoms with Crippen LogP contribution in [-0.4, -0.2) is 18.6 Å². The van der Waals surface area contributed by atoms with E-state index >= 15 is 0 Å². The van der Waals surface area contributed by atoms with Crippen molar-refractivity contribution in [2.75, 3.05) is 0 Å². The number of hydrogen-bond donors (Lipinski definition) is 0. The molecule has 0 saturated heterocycles. The second-order valence-corrected chi connectivity index (χ2v) is 3.48. The van der Waals surface area contributed by atoms with Gasteiger partial charge in [-0.3, -0.25) is 9.98 Å². The molecule has 1 atom stereocenters. The van der Waals surface area contributed by atoms with Crippen molar-refractivity contribution in [1.29, 1.82) is 0 Å². The van der Waals surface area contributed by atoms with Crippen molar-refractivity contribution in [2.45, 2.75) is 13.1 Å². The van der Waals surface area contributed by atoms with Crippen LogP contribution in [0, 0.1) is 0 Å². The summed E-state index contributed by atoms with van der Waals surface area (Å²) in [4.78, 5) is 8.43. The van der Waals surface area contributed by atoms with Gasteiger partial charge in [-0.05, 0) is 34.5 Å². The van der Waals surface area contributed by atoms with Crippen molar-refractivity contribution in [2.24, 2.45) is 9.98 Å². The van der Waals surface area contributed by atoms with E-state index in [9.17, 15) is 0 Å². The third-order valence-electron chi connectivity index (χ3n) is 1.69. The highest BCUT2D eigenvalue weighted by atomic mass is 79.9. The lowest BCUT2D eigenvalue weighted by Gasteiger charge is -2.09. The van der Waals surface area contributed by atoms with E-state index in [4.69, 9.17) is 0 Å². The Bertz CT molecular complexity index is 310. The first-order valence-corrected chi connectivity index (χ1v) is 4.21. The van der Waals surface area contributed by atoms with E-state index in [-0.39, 0.29) is 6.17 Å². The predicted octanol–water partition coefficient (Wildman–Crippen LogP) is 2.08. The maximum atomic E-state index is 4.24. The minimum atomic E-state index is 0.0214. The van der Waals surface area contributed by atoms with Crippen molar-refractivity contribution < 1.29 is 0 Å². The van der Waals surface area contributed by atoms with Crippen LogP contribution in [0.2, 0.25) is 0 Å². The normalized spacial score (nSPS) is 27.5. The zero-order valence-electron chi connectivity index (χ0n) is 6.08. The minimum absolute atomic E-state index is 0.0214. The number of rotatable bonds is 0. The highest BCUT2D eigenvalue weighted by Gasteiger charge is 2.19. The van der Waals surface area contributed by atoms with Crippen LogP contribution < -0.4 is 0 Å². The molecule has 2 aliphatic heterocycles. The highest BCUT2D eigenvalue weighted by molar-refractivity contribution is 9.12. The molecular weight excluding hydrogens is 204 g/mol. The third kappa shape index (κ3) is 1.09. The first-order chi connectivity index (χ1) is 5.27. The number of dihydropyridines is 1. The molecule has 0 aromatic heterocycles. The number of allylic oxidation sites excluding steroid dienone is 2. The lowest BCUT2D eigenvalue weighted by molar-refractivity contribution is 0.858. The molecule has 0 aromatic carbocycles. The van der Waals surface area contributed by atoms with Gasteiger partial charge in [-0.1, -0.05) is 0 Å². The molecule has 0 saturated carbocycles. The maximum absolute atomic E-state index is 4.24. The standard InChI is InChI=1S/C8H7BrN2/c1-5-2-6-7(9)4-11-8(6)10-3-5/h2-4,8H,1H3/t8-/m0/s1. The van der Waals surface area contributed by atoms with Gasteiger partial charge in [-0.2, -0.15) is 0 Å². The molecule has 0 unspecified atom stereocenters. The molecule has 0 spiro atoms. The van der Waals surface area contributed by atoms with Crippen LogP contribution in [0.3, 0.4) is 0 Å². The Morgan fingerprint density at radius 1 is 1.36 bits per heavy atom. The number of hydrogen-bond acceptors (Lipinski definition) is 2. The fourth-order valence-corrected chi connectivity index (χ4v) is 1.58. The first kappa shape index (κ1) is 6.98. The van der Waals surface area contributed by atoms with Gasteiger partial charge in [0.2, 0.25) is 0 Å². The molecule has 56 valence electrons. The van der Waals surface area contributed by atoms with Gasteiger partial charge in [0.15, 0.2) is 6.17 Å².